The van der Waals surface area contributed by atoms with E-state index in [2.05, 4.69) is 0 Å². The molecule has 0 amide bonds. The molecule has 1 atom stereocenters. The van der Waals surface area contributed by atoms with Crippen LogP contribution >= 0.6 is 0 Å². The van der Waals surface area contributed by atoms with Gasteiger partial charge in [0, 0.05) is 5.57 Å². The molecule has 1 aliphatic carbocycles. The van der Waals surface area contributed by atoms with Gasteiger partial charge in [-0.2, -0.15) is 8.78 Å². The van der Waals surface area contributed by atoms with Gasteiger partial charge in [0.1, 0.15) is 0 Å². The molecule has 1 aromatic carbocycles. The third kappa shape index (κ3) is 3.03. The zero-order chi connectivity index (χ0) is 13.8. The minimum Gasteiger partial charge on any atom is -0.388 e. The van der Waals surface area contributed by atoms with Gasteiger partial charge in [0.05, 0.1) is 6.10 Å². The Hall–Kier alpha value is -1.22. The SMILES string of the molecule is CCCCC(=C(F)F)c1cccc2c1C(O)CCC2. The average Bonchev–Trinajstić information content (AvgIpc) is 2.39. The van der Waals surface area contributed by atoms with Crippen LogP contribution < -0.4 is 0 Å². The van der Waals surface area contributed by atoms with Gasteiger partial charge in [-0.15, -0.1) is 0 Å². The van der Waals surface area contributed by atoms with Gasteiger partial charge in [0.2, 0.25) is 0 Å². The van der Waals surface area contributed by atoms with Crippen LogP contribution in [0.25, 0.3) is 5.57 Å². The molecule has 1 aromatic rings. The highest BCUT2D eigenvalue weighted by Crippen LogP contribution is 2.38. The van der Waals surface area contributed by atoms with Crippen molar-refractivity contribution in [2.24, 2.45) is 0 Å². The zero-order valence-electron chi connectivity index (χ0n) is 11.3. The summed E-state index contributed by atoms with van der Waals surface area (Å²) in [5.41, 5.74) is 2.41. The summed E-state index contributed by atoms with van der Waals surface area (Å²) in [6.45, 7) is 1.99. The van der Waals surface area contributed by atoms with E-state index in [1.165, 1.54) is 0 Å². The van der Waals surface area contributed by atoms with Crippen LogP contribution in [0.3, 0.4) is 0 Å². The smallest absolute Gasteiger partial charge is 0.274 e. The van der Waals surface area contributed by atoms with Gasteiger partial charge >= 0.3 is 0 Å². The third-order valence-electron chi connectivity index (χ3n) is 3.79. The van der Waals surface area contributed by atoms with Gasteiger partial charge in [-0.3, -0.25) is 0 Å². The average molecular weight is 266 g/mol. The van der Waals surface area contributed by atoms with Gasteiger partial charge in [0.25, 0.3) is 6.08 Å². The minimum absolute atomic E-state index is 0.111. The van der Waals surface area contributed by atoms with Gasteiger partial charge in [-0.1, -0.05) is 31.5 Å². The molecule has 0 bridgehead atoms. The largest absolute Gasteiger partial charge is 0.388 e. The number of fused-ring (bicyclic) bond motifs is 1. The van der Waals surface area contributed by atoms with Crippen molar-refractivity contribution in [3.63, 3.8) is 0 Å². The Bertz CT molecular complexity index is 476. The number of hydrogen-bond acceptors (Lipinski definition) is 1. The fraction of sp³-hybridized carbons (Fsp3) is 0.500. The lowest BCUT2D eigenvalue weighted by Crippen LogP contribution is -2.12. The normalized spacial score (nSPS) is 18.0. The number of aliphatic hydroxyl groups excluding tert-OH is 1. The van der Waals surface area contributed by atoms with E-state index in [0.717, 1.165) is 36.8 Å². The Labute approximate surface area is 113 Å². The molecule has 0 heterocycles. The standard InChI is InChI=1S/C16H20F2O/c1-2-3-8-13(16(17)18)12-9-4-6-11-7-5-10-14(19)15(11)12/h4,6,9,14,19H,2-3,5,7-8,10H2,1H3. The van der Waals surface area contributed by atoms with Crippen molar-refractivity contribution in [1.29, 1.82) is 0 Å². The lowest BCUT2D eigenvalue weighted by molar-refractivity contribution is 0.156. The summed E-state index contributed by atoms with van der Waals surface area (Å²) < 4.78 is 26.4. The van der Waals surface area contributed by atoms with Crippen LogP contribution in [0.15, 0.2) is 24.3 Å². The second-order valence-corrected chi connectivity index (χ2v) is 5.13. The molecule has 1 unspecified atom stereocenters. The molecule has 0 saturated heterocycles. The summed E-state index contributed by atoms with van der Waals surface area (Å²) >= 11 is 0. The number of hydrogen-bond donors (Lipinski definition) is 1. The van der Waals surface area contributed by atoms with Crippen molar-refractivity contribution in [2.75, 3.05) is 0 Å². The molecule has 2 rings (SSSR count). The van der Waals surface area contributed by atoms with Gasteiger partial charge in [-0.05, 0) is 48.8 Å². The second kappa shape index (κ2) is 6.29. The molecule has 104 valence electrons. The predicted octanol–water partition coefficient (Wildman–Crippen LogP) is 4.85. The van der Waals surface area contributed by atoms with Crippen LogP contribution in [0.1, 0.15) is 61.8 Å². The van der Waals surface area contributed by atoms with Crippen LogP contribution in [0, 0.1) is 0 Å². The Morgan fingerprint density at radius 3 is 2.84 bits per heavy atom. The molecule has 1 aliphatic rings. The highest BCUT2D eigenvalue weighted by molar-refractivity contribution is 5.70. The number of halogens is 2. The number of allylic oxidation sites excluding steroid dienone is 1. The Morgan fingerprint density at radius 2 is 2.16 bits per heavy atom. The molecule has 19 heavy (non-hydrogen) atoms. The number of rotatable bonds is 4. The van der Waals surface area contributed by atoms with E-state index in [9.17, 15) is 13.9 Å². The Morgan fingerprint density at radius 1 is 1.37 bits per heavy atom. The molecule has 0 radical (unpaired) electrons. The molecule has 1 N–H and O–H groups in total. The first-order valence-electron chi connectivity index (χ1n) is 6.99. The van der Waals surface area contributed by atoms with Crippen molar-refractivity contribution in [2.45, 2.75) is 51.6 Å². The summed E-state index contributed by atoms with van der Waals surface area (Å²) in [6, 6.07) is 5.48. The number of aryl methyl sites for hydroxylation is 1. The molecule has 3 heteroatoms. The first kappa shape index (κ1) is 14.2. The maximum absolute atomic E-state index is 13.2. The fourth-order valence-electron chi connectivity index (χ4n) is 2.80. The summed E-state index contributed by atoms with van der Waals surface area (Å²) in [5, 5.41) is 10.1. The van der Waals surface area contributed by atoms with E-state index in [4.69, 9.17) is 0 Å². The molecule has 0 aliphatic heterocycles. The monoisotopic (exact) mass is 266 g/mol. The molecule has 0 aromatic heterocycles. The predicted molar refractivity (Wildman–Crippen MR) is 73.0 cm³/mol. The van der Waals surface area contributed by atoms with Crippen LogP contribution in [-0.2, 0) is 6.42 Å². The molecule has 0 saturated carbocycles. The fourth-order valence-corrected chi connectivity index (χ4v) is 2.80. The van der Waals surface area contributed by atoms with Crippen LogP contribution in [0.2, 0.25) is 0 Å². The van der Waals surface area contributed by atoms with Crippen molar-refractivity contribution >= 4 is 5.57 Å². The van der Waals surface area contributed by atoms with E-state index in [0.29, 0.717) is 18.4 Å². The van der Waals surface area contributed by atoms with E-state index in [-0.39, 0.29) is 5.57 Å². The van der Waals surface area contributed by atoms with Gasteiger partial charge < -0.3 is 5.11 Å². The number of benzene rings is 1. The minimum atomic E-state index is -1.61. The lowest BCUT2D eigenvalue weighted by Gasteiger charge is -2.25. The molecular formula is C16H20F2O. The van der Waals surface area contributed by atoms with Crippen LogP contribution in [-0.4, -0.2) is 5.11 Å². The lowest BCUT2D eigenvalue weighted by atomic mass is 9.83. The van der Waals surface area contributed by atoms with E-state index in [1.807, 2.05) is 19.1 Å². The van der Waals surface area contributed by atoms with Crippen molar-refractivity contribution in [1.82, 2.24) is 0 Å². The van der Waals surface area contributed by atoms with Gasteiger partial charge in [-0.25, -0.2) is 0 Å². The van der Waals surface area contributed by atoms with E-state index >= 15 is 0 Å². The topological polar surface area (TPSA) is 20.2 Å². The Kier molecular flexibility index (Phi) is 4.70. The summed E-state index contributed by atoms with van der Waals surface area (Å²) in [5.74, 6) is 0. The van der Waals surface area contributed by atoms with Crippen molar-refractivity contribution < 1.29 is 13.9 Å². The maximum Gasteiger partial charge on any atom is 0.274 e. The highest BCUT2D eigenvalue weighted by Gasteiger charge is 2.23. The second-order valence-electron chi connectivity index (χ2n) is 5.13. The van der Waals surface area contributed by atoms with Crippen molar-refractivity contribution in [3.8, 4) is 0 Å². The number of unbranched alkanes of at least 4 members (excludes halogenated alkanes) is 1. The highest BCUT2D eigenvalue weighted by atomic mass is 19.3. The molecular weight excluding hydrogens is 246 g/mol. The first-order valence-corrected chi connectivity index (χ1v) is 6.99. The van der Waals surface area contributed by atoms with E-state index in [1.54, 1.807) is 6.07 Å². The Balaban J connectivity index is 2.46. The zero-order valence-corrected chi connectivity index (χ0v) is 11.3. The maximum atomic E-state index is 13.2. The summed E-state index contributed by atoms with van der Waals surface area (Å²) in [6.07, 6.45) is 2.25. The van der Waals surface area contributed by atoms with Gasteiger partial charge in [0.15, 0.2) is 0 Å². The molecule has 1 nitrogen and oxygen atoms in total. The number of aliphatic hydroxyl groups is 1. The molecule has 0 spiro atoms. The first-order chi connectivity index (χ1) is 9.15. The third-order valence-corrected chi connectivity index (χ3v) is 3.79. The molecule has 0 fully saturated rings. The van der Waals surface area contributed by atoms with Crippen molar-refractivity contribution in [3.05, 3.63) is 41.0 Å². The summed E-state index contributed by atoms with van der Waals surface area (Å²) in [7, 11) is 0. The van der Waals surface area contributed by atoms with Crippen LogP contribution in [0.5, 0.6) is 0 Å². The summed E-state index contributed by atoms with van der Waals surface area (Å²) in [4.78, 5) is 0. The van der Waals surface area contributed by atoms with Crippen LogP contribution in [0.4, 0.5) is 8.78 Å². The quantitative estimate of drug-likeness (QED) is 0.825. The van der Waals surface area contributed by atoms with E-state index < -0.39 is 12.2 Å².